The van der Waals surface area contributed by atoms with Crippen molar-refractivity contribution in [1.82, 2.24) is 0 Å². The number of nitrogens with two attached hydrogens (primary N) is 1. The minimum absolute atomic E-state index is 0.0285. The van der Waals surface area contributed by atoms with Crippen LogP contribution in [-0.4, -0.2) is 4.92 Å². The van der Waals surface area contributed by atoms with E-state index in [1.807, 2.05) is 13.0 Å². The van der Waals surface area contributed by atoms with Gasteiger partial charge in [0.15, 0.2) is 0 Å². The predicted octanol–water partition coefficient (Wildman–Crippen LogP) is 3.85. The van der Waals surface area contributed by atoms with Gasteiger partial charge in [-0.15, -0.1) is 0 Å². The highest BCUT2D eigenvalue weighted by Crippen LogP contribution is 2.29. The topological polar surface area (TPSA) is 78.4 Å². The first-order chi connectivity index (χ1) is 9.99. The second kappa shape index (κ2) is 6.56. The number of nitrogens with zero attached hydrogens (tertiary/aromatic N) is 1. The van der Waals surface area contributed by atoms with Crippen molar-refractivity contribution < 1.29 is 9.66 Å². The van der Waals surface area contributed by atoms with Crippen molar-refractivity contribution in [2.45, 2.75) is 19.6 Å². The maximum Gasteiger partial charge on any atom is 0.276 e. The quantitative estimate of drug-likeness (QED) is 0.672. The molecular weight excluding hydrogens is 292 g/mol. The fourth-order valence-corrected chi connectivity index (χ4v) is 2.13. The van der Waals surface area contributed by atoms with Gasteiger partial charge >= 0.3 is 0 Å². The van der Waals surface area contributed by atoms with E-state index in [1.54, 1.807) is 30.3 Å². The second-order valence-electron chi connectivity index (χ2n) is 4.65. The highest BCUT2D eigenvalue weighted by molar-refractivity contribution is 6.32. The van der Waals surface area contributed by atoms with Crippen molar-refractivity contribution in [2.24, 2.45) is 5.73 Å². The van der Waals surface area contributed by atoms with E-state index in [1.165, 1.54) is 6.07 Å². The van der Waals surface area contributed by atoms with Crippen LogP contribution in [-0.2, 0) is 6.61 Å². The van der Waals surface area contributed by atoms with Crippen LogP contribution >= 0.6 is 11.6 Å². The molecule has 1 atom stereocenters. The van der Waals surface area contributed by atoms with Crippen molar-refractivity contribution in [1.29, 1.82) is 0 Å². The number of halogens is 1. The lowest BCUT2D eigenvalue weighted by molar-refractivity contribution is -0.385. The summed E-state index contributed by atoms with van der Waals surface area (Å²) in [6, 6.07) is 11.6. The maximum absolute atomic E-state index is 10.9. The van der Waals surface area contributed by atoms with Crippen molar-refractivity contribution in [2.75, 3.05) is 0 Å². The van der Waals surface area contributed by atoms with Crippen LogP contribution in [0.5, 0.6) is 5.75 Å². The molecule has 2 rings (SSSR count). The molecule has 0 aliphatic heterocycles. The third-order valence-corrected chi connectivity index (χ3v) is 3.35. The molecule has 0 heterocycles. The van der Waals surface area contributed by atoms with Crippen molar-refractivity contribution in [3.05, 3.63) is 68.7 Å². The van der Waals surface area contributed by atoms with Crippen molar-refractivity contribution in [3.8, 4) is 5.75 Å². The van der Waals surface area contributed by atoms with E-state index in [0.717, 1.165) is 5.56 Å². The number of benzene rings is 2. The Morgan fingerprint density at radius 1 is 1.33 bits per heavy atom. The van der Waals surface area contributed by atoms with Gasteiger partial charge < -0.3 is 10.5 Å². The van der Waals surface area contributed by atoms with Crippen LogP contribution in [0.25, 0.3) is 0 Å². The standard InChI is InChI=1S/C15H15ClN2O3/c1-10(17)11-6-7-15(13(16)8-11)21-9-12-4-2-3-5-14(12)18(19)20/h2-8,10H,9,17H2,1H3. The molecule has 0 spiro atoms. The molecule has 1 unspecified atom stereocenters. The lowest BCUT2D eigenvalue weighted by Crippen LogP contribution is -2.05. The average molecular weight is 307 g/mol. The zero-order valence-electron chi connectivity index (χ0n) is 11.5. The molecule has 0 aliphatic rings. The molecule has 2 aromatic rings. The summed E-state index contributed by atoms with van der Waals surface area (Å²) in [6.45, 7) is 1.94. The van der Waals surface area contributed by atoms with Gasteiger partial charge in [0.1, 0.15) is 12.4 Å². The van der Waals surface area contributed by atoms with Gasteiger partial charge in [-0.25, -0.2) is 0 Å². The fourth-order valence-electron chi connectivity index (χ4n) is 1.88. The Bertz CT molecular complexity index is 659. The van der Waals surface area contributed by atoms with E-state index in [9.17, 15) is 10.1 Å². The summed E-state index contributed by atoms with van der Waals surface area (Å²) < 4.78 is 5.57. The number of ether oxygens (including phenoxy) is 1. The molecule has 0 saturated heterocycles. The summed E-state index contributed by atoms with van der Waals surface area (Å²) >= 11 is 6.13. The Morgan fingerprint density at radius 2 is 2.05 bits per heavy atom. The summed E-state index contributed by atoms with van der Waals surface area (Å²) in [5.74, 6) is 0.471. The molecule has 110 valence electrons. The largest absolute Gasteiger partial charge is 0.487 e. The molecule has 0 bridgehead atoms. The van der Waals surface area contributed by atoms with Crippen LogP contribution in [0.1, 0.15) is 24.1 Å². The molecule has 0 saturated carbocycles. The predicted molar refractivity (Wildman–Crippen MR) is 81.5 cm³/mol. The molecular formula is C15H15ClN2O3. The SMILES string of the molecule is CC(N)c1ccc(OCc2ccccc2[N+](=O)[O-])c(Cl)c1. The van der Waals surface area contributed by atoms with Crippen molar-refractivity contribution >= 4 is 17.3 Å². The second-order valence-corrected chi connectivity index (χ2v) is 5.06. The van der Waals surface area contributed by atoms with Gasteiger partial charge in [-0.3, -0.25) is 10.1 Å². The molecule has 0 aliphatic carbocycles. The van der Waals surface area contributed by atoms with Crippen LogP contribution in [0.2, 0.25) is 5.02 Å². The lowest BCUT2D eigenvalue weighted by atomic mass is 10.1. The highest BCUT2D eigenvalue weighted by atomic mass is 35.5. The zero-order valence-corrected chi connectivity index (χ0v) is 12.2. The van der Waals surface area contributed by atoms with Crippen LogP contribution in [0.4, 0.5) is 5.69 Å². The van der Waals surface area contributed by atoms with Crippen LogP contribution in [0, 0.1) is 10.1 Å². The molecule has 6 heteroatoms. The highest BCUT2D eigenvalue weighted by Gasteiger charge is 2.13. The van der Waals surface area contributed by atoms with Gasteiger partial charge in [0.2, 0.25) is 0 Å². The third-order valence-electron chi connectivity index (χ3n) is 3.05. The number of hydrogen-bond acceptors (Lipinski definition) is 4. The number of nitro benzene ring substituents is 1. The molecule has 0 amide bonds. The summed E-state index contributed by atoms with van der Waals surface area (Å²) in [4.78, 5) is 10.5. The smallest absolute Gasteiger partial charge is 0.276 e. The molecule has 2 aromatic carbocycles. The van der Waals surface area contributed by atoms with E-state index >= 15 is 0 Å². The number of rotatable bonds is 5. The van der Waals surface area contributed by atoms with E-state index in [0.29, 0.717) is 16.3 Å². The molecule has 0 radical (unpaired) electrons. The summed E-state index contributed by atoms with van der Waals surface area (Å²) in [5, 5.41) is 11.4. The lowest BCUT2D eigenvalue weighted by Gasteiger charge is -2.11. The number of hydrogen-bond donors (Lipinski definition) is 1. The van der Waals surface area contributed by atoms with Gasteiger partial charge in [0, 0.05) is 12.1 Å². The zero-order chi connectivity index (χ0) is 15.4. The molecule has 0 fully saturated rings. The summed E-state index contributed by atoms with van der Waals surface area (Å²) in [6.07, 6.45) is 0. The molecule has 0 aromatic heterocycles. The summed E-state index contributed by atoms with van der Waals surface area (Å²) in [7, 11) is 0. The first-order valence-electron chi connectivity index (χ1n) is 6.39. The van der Waals surface area contributed by atoms with Crippen molar-refractivity contribution in [3.63, 3.8) is 0 Å². The Hall–Kier alpha value is -2.11. The van der Waals surface area contributed by atoms with Gasteiger partial charge in [0.25, 0.3) is 5.69 Å². The molecule has 2 N–H and O–H groups in total. The van der Waals surface area contributed by atoms with Gasteiger partial charge in [0.05, 0.1) is 15.5 Å². The monoisotopic (exact) mass is 306 g/mol. The molecule has 21 heavy (non-hydrogen) atoms. The average Bonchev–Trinajstić information content (AvgIpc) is 2.46. The molecule has 5 nitrogen and oxygen atoms in total. The Balaban J connectivity index is 2.15. The fraction of sp³-hybridized carbons (Fsp3) is 0.200. The van der Waals surface area contributed by atoms with E-state index in [-0.39, 0.29) is 18.3 Å². The Kier molecular flexibility index (Phi) is 4.77. The number of nitro groups is 1. The normalized spacial score (nSPS) is 12.0. The first kappa shape index (κ1) is 15.3. The maximum atomic E-state index is 10.9. The third kappa shape index (κ3) is 3.71. The summed E-state index contributed by atoms with van der Waals surface area (Å²) in [5.41, 5.74) is 7.20. The van der Waals surface area contributed by atoms with E-state index in [2.05, 4.69) is 0 Å². The Morgan fingerprint density at radius 3 is 2.67 bits per heavy atom. The minimum Gasteiger partial charge on any atom is -0.487 e. The minimum atomic E-state index is -0.431. The Labute approximate surface area is 127 Å². The van der Waals surface area contributed by atoms with Crippen LogP contribution in [0.3, 0.4) is 0 Å². The van der Waals surface area contributed by atoms with Crippen LogP contribution < -0.4 is 10.5 Å². The first-order valence-corrected chi connectivity index (χ1v) is 6.77. The van der Waals surface area contributed by atoms with Gasteiger partial charge in [-0.1, -0.05) is 29.8 Å². The van der Waals surface area contributed by atoms with Crippen LogP contribution in [0.15, 0.2) is 42.5 Å². The number of para-hydroxylation sites is 1. The van der Waals surface area contributed by atoms with E-state index < -0.39 is 4.92 Å². The van der Waals surface area contributed by atoms with Gasteiger partial charge in [-0.2, -0.15) is 0 Å². The van der Waals surface area contributed by atoms with E-state index in [4.69, 9.17) is 22.1 Å². The van der Waals surface area contributed by atoms with Gasteiger partial charge in [-0.05, 0) is 30.7 Å².